The maximum atomic E-state index is 6.54. The maximum Gasteiger partial charge on any atom is 0.0723 e. The van der Waals surface area contributed by atoms with E-state index in [1.165, 1.54) is 22.3 Å². The van der Waals surface area contributed by atoms with Crippen LogP contribution in [0.2, 0.25) is 0 Å². The van der Waals surface area contributed by atoms with E-state index in [9.17, 15) is 0 Å². The highest BCUT2D eigenvalue weighted by Crippen LogP contribution is 2.25. The van der Waals surface area contributed by atoms with Gasteiger partial charge in [-0.15, -0.1) is 0 Å². The number of nitrogens with two attached hydrogens (primary N) is 1. The molecular formula is C43H36N2. The highest BCUT2D eigenvalue weighted by molar-refractivity contribution is 6.12. The summed E-state index contributed by atoms with van der Waals surface area (Å²) in [6, 6.07) is 58.9. The van der Waals surface area contributed by atoms with Gasteiger partial charge < -0.3 is 5.73 Å². The quantitative estimate of drug-likeness (QED) is 0.127. The first kappa shape index (κ1) is 29.3. The fourth-order valence-corrected chi connectivity index (χ4v) is 5.44. The third-order valence-electron chi connectivity index (χ3n) is 7.78. The molecule has 6 aromatic rings. The molecule has 2 nitrogen and oxygen atoms in total. The molecule has 0 saturated heterocycles. The molecule has 0 aromatic heterocycles. The molecule has 0 aliphatic rings. The van der Waals surface area contributed by atoms with Gasteiger partial charge >= 0.3 is 0 Å². The Morgan fingerprint density at radius 2 is 0.956 bits per heavy atom. The summed E-state index contributed by atoms with van der Waals surface area (Å²) in [6.45, 7) is 0.602. The van der Waals surface area contributed by atoms with Crippen LogP contribution in [0.3, 0.4) is 0 Å². The zero-order valence-corrected chi connectivity index (χ0v) is 25.3. The zero-order chi connectivity index (χ0) is 30.7. The van der Waals surface area contributed by atoms with E-state index in [1.807, 2.05) is 48.5 Å². The molecule has 0 atom stereocenters. The maximum absolute atomic E-state index is 6.54. The van der Waals surface area contributed by atoms with Gasteiger partial charge in [-0.3, -0.25) is 4.99 Å². The fourth-order valence-electron chi connectivity index (χ4n) is 5.44. The molecule has 0 aliphatic carbocycles. The first-order valence-electron chi connectivity index (χ1n) is 15.3. The molecule has 45 heavy (non-hydrogen) atoms. The molecule has 0 saturated carbocycles. The Labute approximate surface area is 266 Å². The van der Waals surface area contributed by atoms with Gasteiger partial charge in [-0.05, 0) is 57.5 Å². The number of hydrogen-bond acceptors (Lipinski definition) is 2. The zero-order valence-electron chi connectivity index (χ0n) is 25.3. The Balaban J connectivity index is 1.25. The summed E-state index contributed by atoms with van der Waals surface area (Å²) in [5, 5.41) is 0. The lowest BCUT2D eigenvalue weighted by Gasteiger charge is -2.10. The van der Waals surface area contributed by atoms with Crippen molar-refractivity contribution >= 4 is 17.0 Å². The number of allylic oxidation sites excluding steroid dienone is 3. The van der Waals surface area contributed by atoms with E-state index in [0.717, 1.165) is 45.7 Å². The van der Waals surface area contributed by atoms with Gasteiger partial charge in [0.2, 0.25) is 0 Å². The summed E-state index contributed by atoms with van der Waals surface area (Å²) >= 11 is 0. The van der Waals surface area contributed by atoms with E-state index in [0.29, 0.717) is 6.54 Å². The minimum atomic E-state index is 0.602. The van der Waals surface area contributed by atoms with Crippen LogP contribution in [0, 0.1) is 0 Å². The normalized spacial score (nSPS) is 11.6. The lowest BCUT2D eigenvalue weighted by molar-refractivity contribution is 1.07. The van der Waals surface area contributed by atoms with Crippen molar-refractivity contribution in [3.05, 3.63) is 215 Å². The van der Waals surface area contributed by atoms with Gasteiger partial charge in [0.25, 0.3) is 0 Å². The molecule has 0 unspecified atom stereocenters. The monoisotopic (exact) mass is 580 g/mol. The molecule has 0 amide bonds. The first-order chi connectivity index (χ1) is 22.2. The van der Waals surface area contributed by atoms with Crippen LogP contribution in [0.25, 0.3) is 22.4 Å². The third-order valence-corrected chi connectivity index (χ3v) is 7.78. The van der Waals surface area contributed by atoms with E-state index in [4.69, 9.17) is 10.7 Å². The molecule has 218 valence electrons. The number of aliphatic imine (C=N–C) groups is 1. The highest BCUT2D eigenvalue weighted by atomic mass is 14.7. The van der Waals surface area contributed by atoms with Gasteiger partial charge in [0, 0.05) is 16.8 Å². The SMILES string of the molecule is N/C(=C\C(=C/Cc1cccc(-c2cccc(CN=C(c3ccccc3)c3ccccc3)c2)c1)c1ccccc1)c1ccccc1. The molecule has 0 fully saturated rings. The molecular weight excluding hydrogens is 544 g/mol. The van der Waals surface area contributed by atoms with Gasteiger partial charge in [-0.25, -0.2) is 0 Å². The standard InChI is InChI=1S/C43H36N2/c44-42(36-19-7-2-8-20-36)31-41(35-17-5-1-6-18-35)28-27-33-15-13-25-39(29-33)40-26-14-16-34(30-40)32-45-43(37-21-9-3-10-22-37)38-23-11-4-12-24-38/h1-26,28-31H,27,32,44H2/b41-28+,42-31-. The van der Waals surface area contributed by atoms with Crippen molar-refractivity contribution in [1.82, 2.24) is 0 Å². The Morgan fingerprint density at radius 1 is 0.489 bits per heavy atom. The summed E-state index contributed by atoms with van der Waals surface area (Å²) in [6.07, 6.45) is 5.14. The lowest BCUT2D eigenvalue weighted by Crippen LogP contribution is -2.04. The van der Waals surface area contributed by atoms with Gasteiger partial charge in [-0.1, -0.05) is 170 Å². The second-order valence-electron chi connectivity index (χ2n) is 11.0. The number of rotatable bonds is 10. The predicted molar refractivity (Wildman–Crippen MR) is 191 cm³/mol. The van der Waals surface area contributed by atoms with Crippen molar-refractivity contribution in [2.75, 3.05) is 0 Å². The molecule has 2 heteroatoms. The van der Waals surface area contributed by atoms with Crippen molar-refractivity contribution < 1.29 is 0 Å². The summed E-state index contributed by atoms with van der Waals surface area (Å²) in [5.41, 5.74) is 18.6. The van der Waals surface area contributed by atoms with E-state index >= 15 is 0 Å². The van der Waals surface area contributed by atoms with Gasteiger partial charge in [-0.2, -0.15) is 0 Å². The minimum absolute atomic E-state index is 0.602. The fraction of sp³-hybridized carbons (Fsp3) is 0.0465. The first-order valence-corrected chi connectivity index (χ1v) is 15.3. The van der Waals surface area contributed by atoms with E-state index in [2.05, 4.69) is 133 Å². The van der Waals surface area contributed by atoms with Crippen molar-refractivity contribution in [2.24, 2.45) is 10.7 Å². The van der Waals surface area contributed by atoms with Gasteiger partial charge in [0.1, 0.15) is 0 Å². The molecule has 0 spiro atoms. The molecule has 0 aliphatic heterocycles. The molecule has 6 rings (SSSR count). The van der Waals surface area contributed by atoms with Crippen LogP contribution >= 0.6 is 0 Å². The van der Waals surface area contributed by atoms with Crippen LogP contribution < -0.4 is 5.73 Å². The Kier molecular flexibility index (Phi) is 9.54. The largest absolute Gasteiger partial charge is 0.398 e. The third kappa shape index (κ3) is 7.81. The van der Waals surface area contributed by atoms with Crippen LogP contribution in [-0.2, 0) is 13.0 Å². The van der Waals surface area contributed by atoms with Crippen LogP contribution in [0.5, 0.6) is 0 Å². The number of hydrogen-bond donors (Lipinski definition) is 1. The minimum Gasteiger partial charge on any atom is -0.398 e. The van der Waals surface area contributed by atoms with Crippen LogP contribution in [0.1, 0.15) is 33.4 Å². The molecule has 6 aromatic carbocycles. The van der Waals surface area contributed by atoms with Gasteiger partial charge in [0.15, 0.2) is 0 Å². The molecule has 2 N–H and O–H groups in total. The smallest absolute Gasteiger partial charge is 0.0723 e. The number of benzene rings is 6. The Bertz CT molecular complexity index is 1880. The highest BCUT2D eigenvalue weighted by Gasteiger charge is 2.08. The van der Waals surface area contributed by atoms with Crippen molar-refractivity contribution in [2.45, 2.75) is 13.0 Å². The number of nitrogens with zero attached hydrogens (tertiary/aromatic N) is 1. The molecule has 0 radical (unpaired) electrons. The predicted octanol–water partition coefficient (Wildman–Crippen LogP) is 10.0. The van der Waals surface area contributed by atoms with E-state index in [1.54, 1.807) is 0 Å². The molecule has 0 bridgehead atoms. The van der Waals surface area contributed by atoms with Gasteiger partial charge in [0.05, 0.1) is 12.3 Å². The summed E-state index contributed by atoms with van der Waals surface area (Å²) in [7, 11) is 0. The van der Waals surface area contributed by atoms with Crippen LogP contribution in [0.4, 0.5) is 0 Å². The lowest BCUT2D eigenvalue weighted by atomic mass is 9.97. The average molecular weight is 581 g/mol. The summed E-state index contributed by atoms with van der Waals surface area (Å²) < 4.78 is 0. The van der Waals surface area contributed by atoms with E-state index in [-0.39, 0.29) is 0 Å². The molecule has 0 heterocycles. The second kappa shape index (κ2) is 14.6. The second-order valence-corrected chi connectivity index (χ2v) is 11.0. The topological polar surface area (TPSA) is 38.4 Å². The van der Waals surface area contributed by atoms with Crippen LogP contribution in [0.15, 0.2) is 187 Å². The average Bonchev–Trinajstić information content (AvgIpc) is 3.12. The summed E-state index contributed by atoms with van der Waals surface area (Å²) in [4.78, 5) is 5.10. The van der Waals surface area contributed by atoms with Crippen molar-refractivity contribution in [1.29, 1.82) is 0 Å². The van der Waals surface area contributed by atoms with Crippen molar-refractivity contribution in [3.63, 3.8) is 0 Å². The summed E-state index contributed by atoms with van der Waals surface area (Å²) in [5.74, 6) is 0. The van der Waals surface area contributed by atoms with E-state index < -0.39 is 0 Å². The Hall–Kier alpha value is -5.73. The van der Waals surface area contributed by atoms with Crippen LogP contribution in [-0.4, -0.2) is 5.71 Å². The van der Waals surface area contributed by atoms with Crippen molar-refractivity contribution in [3.8, 4) is 11.1 Å². The Morgan fingerprint density at radius 3 is 1.51 bits per heavy atom.